The van der Waals surface area contributed by atoms with Gasteiger partial charge in [0.1, 0.15) is 23.2 Å². The first-order chi connectivity index (χ1) is 19.1. The Balaban J connectivity index is 1.53. The van der Waals surface area contributed by atoms with Crippen molar-refractivity contribution in [2.45, 2.75) is 19.6 Å². The lowest BCUT2D eigenvalue weighted by atomic mass is 9.97. The van der Waals surface area contributed by atoms with Crippen molar-refractivity contribution in [3.05, 3.63) is 77.9 Å². The maximum atomic E-state index is 14.2. The van der Waals surface area contributed by atoms with E-state index in [-0.39, 0.29) is 36.7 Å². The van der Waals surface area contributed by atoms with Gasteiger partial charge in [-0.1, -0.05) is 18.2 Å². The smallest absolute Gasteiger partial charge is 0.420 e. The molecule has 8 nitrogen and oxygen atoms in total. The molecule has 5 rings (SSSR count). The van der Waals surface area contributed by atoms with E-state index in [0.717, 1.165) is 6.07 Å². The van der Waals surface area contributed by atoms with Crippen LogP contribution in [0.2, 0.25) is 0 Å². The molecule has 0 saturated carbocycles. The zero-order chi connectivity index (χ0) is 28.4. The van der Waals surface area contributed by atoms with Gasteiger partial charge in [0.2, 0.25) is 5.89 Å². The Labute approximate surface area is 225 Å². The van der Waals surface area contributed by atoms with Gasteiger partial charge < -0.3 is 19.0 Å². The fourth-order valence-corrected chi connectivity index (χ4v) is 4.35. The topological polar surface area (TPSA) is 95.1 Å². The molecule has 1 N–H and O–H groups in total. The molecule has 2 aromatic heterocycles. The average Bonchev–Trinajstić information content (AvgIpc) is 3.54. The summed E-state index contributed by atoms with van der Waals surface area (Å²) < 4.78 is 68.2. The maximum absolute atomic E-state index is 14.2. The van der Waals surface area contributed by atoms with E-state index in [4.69, 9.17) is 9.15 Å². The molecule has 206 valence electrons. The van der Waals surface area contributed by atoms with Crippen LogP contribution in [0.4, 0.5) is 17.6 Å². The van der Waals surface area contributed by atoms with Gasteiger partial charge in [0.15, 0.2) is 11.4 Å². The largest absolute Gasteiger partial charge is 0.465 e. The van der Waals surface area contributed by atoms with E-state index in [2.05, 4.69) is 20.5 Å². The number of hydrogen-bond acceptors (Lipinski definition) is 7. The molecule has 0 amide bonds. The fourth-order valence-electron chi connectivity index (χ4n) is 4.35. The van der Waals surface area contributed by atoms with Crippen molar-refractivity contribution < 1.29 is 31.5 Å². The standard InChI is InChI=1S/C28H23F4N5O3/c1-3-39-24(38)14-33-13-16-9-22(28(30,31)32)25-23(10-16)35-27(40-25)18-6-4-5-17(11-18)20-8-7-19(29)12-21(20)26-36-34-15-37(26)2/h4-12,15,33H,3,13-14H2,1-2H3. The molecule has 0 bridgehead atoms. The molecule has 0 radical (unpaired) electrons. The van der Waals surface area contributed by atoms with Gasteiger partial charge in [-0.05, 0) is 60.0 Å². The molecule has 3 aromatic carbocycles. The Morgan fingerprint density at radius 1 is 1.07 bits per heavy atom. The fraction of sp³-hybridized carbons (Fsp3) is 0.214. The van der Waals surface area contributed by atoms with Crippen LogP contribution in [0.15, 0.2) is 65.3 Å². The van der Waals surface area contributed by atoms with E-state index >= 15 is 0 Å². The zero-order valence-electron chi connectivity index (χ0n) is 21.4. The van der Waals surface area contributed by atoms with E-state index in [1.807, 2.05) is 0 Å². The Morgan fingerprint density at radius 2 is 1.88 bits per heavy atom. The molecule has 2 heterocycles. The van der Waals surface area contributed by atoms with E-state index in [1.165, 1.54) is 24.5 Å². The van der Waals surface area contributed by atoms with Gasteiger partial charge in [0, 0.05) is 24.7 Å². The number of esters is 1. The van der Waals surface area contributed by atoms with Gasteiger partial charge in [0.05, 0.1) is 13.2 Å². The molecule has 0 aliphatic carbocycles. The number of nitrogens with zero attached hydrogens (tertiary/aromatic N) is 4. The van der Waals surface area contributed by atoms with Gasteiger partial charge in [-0.3, -0.25) is 4.79 Å². The van der Waals surface area contributed by atoms with Crippen LogP contribution in [0.25, 0.3) is 45.1 Å². The Kier molecular flexibility index (Phi) is 7.35. The molecule has 0 spiro atoms. The number of alkyl halides is 3. The first-order valence-corrected chi connectivity index (χ1v) is 12.3. The first kappa shape index (κ1) is 27.0. The summed E-state index contributed by atoms with van der Waals surface area (Å²) in [7, 11) is 1.73. The number of ether oxygens (including phenoxy) is 1. The van der Waals surface area contributed by atoms with Crippen molar-refractivity contribution in [2.24, 2.45) is 7.05 Å². The van der Waals surface area contributed by atoms with E-state index in [9.17, 15) is 22.4 Å². The van der Waals surface area contributed by atoms with Gasteiger partial charge in [-0.15, -0.1) is 10.2 Å². The van der Waals surface area contributed by atoms with E-state index in [0.29, 0.717) is 28.1 Å². The number of rotatable bonds is 8. The van der Waals surface area contributed by atoms with Crippen LogP contribution in [-0.4, -0.2) is 38.9 Å². The second-order valence-electron chi connectivity index (χ2n) is 8.95. The Morgan fingerprint density at radius 3 is 2.60 bits per heavy atom. The average molecular weight is 554 g/mol. The molecule has 5 aromatic rings. The normalized spacial score (nSPS) is 11.8. The first-order valence-electron chi connectivity index (χ1n) is 12.3. The minimum Gasteiger partial charge on any atom is -0.465 e. The third kappa shape index (κ3) is 5.57. The highest BCUT2D eigenvalue weighted by atomic mass is 19.4. The highest BCUT2D eigenvalue weighted by Crippen LogP contribution is 2.39. The van der Waals surface area contributed by atoms with Crippen LogP contribution in [0.5, 0.6) is 0 Å². The van der Waals surface area contributed by atoms with Gasteiger partial charge in [-0.2, -0.15) is 13.2 Å². The SMILES string of the molecule is CCOC(=O)CNCc1cc(C(F)(F)F)c2oc(-c3cccc(-c4ccc(F)cc4-c4nncn4C)c3)nc2c1. The molecule has 0 aliphatic rings. The van der Waals surface area contributed by atoms with E-state index < -0.39 is 29.1 Å². The lowest BCUT2D eigenvalue weighted by Gasteiger charge is -2.10. The van der Waals surface area contributed by atoms with Crippen LogP contribution < -0.4 is 5.32 Å². The summed E-state index contributed by atoms with van der Waals surface area (Å²) in [4.78, 5) is 15.9. The summed E-state index contributed by atoms with van der Waals surface area (Å²) in [5.41, 5.74) is 1.13. The summed E-state index contributed by atoms with van der Waals surface area (Å²) in [5.74, 6) is -0.530. The van der Waals surface area contributed by atoms with Crippen molar-refractivity contribution >= 4 is 17.1 Å². The summed E-state index contributed by atoms with van der Waals surface area (Å²) in [6.07, 6.45) is -3.20. The van der Waals surface area contributed by atoms with Crippen molar-refractivity contribution in [2.75, 3.05) is 13.2 Å². The minimum absolute atomic E-state index is 0.00902. The summed E-state index contributed by atoms with van der Waals surface area (Å²) in [6, 6.07) is 13.6. The molecule has 0 aliphatic heterocycles. The van der Waals surface area contributed by atoms with Crippen molar-refractivity contribution in [1.82, 2.24) is 25.1 Å². The van der Waals surface area contributed by atoms with Gasteiger partial charge in [0.25, 0.3) is 0 Å². The Bertz CT molecular complexity index is 1690. The molecule has 0 fully saturated rings. The maximum Gasteiger partial charge on any atom is 0.420 e. The van der Waals surface area contributed by atoms with Crippen LogP contribution in [0.3, 0.4) is 0 Å². The molecular formula is C28H23F4N5O3. The lowest BCUT2D eigenvalue weighted by Crippen LogP contribution is -2.24. The summed E-state index contributed by atoms with van der Waals surface area (Å²) >= 11 is 0. The van der Waals surface area contributed by atoms with Gasteiger partial charge in [-0.25, -0.2) is 9.37 Å². The number of carbonyl (C=O) groups is 1. The number of oxazole rings is 1. The van der Waals surface area contributed by atoms with Crippen molar-refractivity contribution in [1.29, 1.82) is 0 Å². The van der Waals surface area contributed by atoms with Crippen molar-refractivity contribution in [3.63, 3.8) is 0 Å². The summed E-state index contributed by atoms with van der Waals surface area (Å²) in [6.45, 7) is 1.71. The number of carbonyl (C=O) groups excluding carboxylic acids is 1. The van der Waals surface area contributed by atoms with Crippen LogP contribution in [0, 0.1) is 5.82 Å². The number of benzene rings is 3. The number of aromatic nitrogens is 4. The number of hydrogen-bond donors (Lipinski definition) is 1. The van der Waals surface area contributed by atoms with E-state index in [1.54, 1.807) is 48.9 Å². The van der Waals surface area contributed by atoms with Crippen LogP contribution in [-0.2, 0) is 29.3 Å². The second-order valence-corrected chi connectivity index (χ2v) is 8.95. The highest BCUT2D eigenvalue weighted by Gasteiger charge is 2.35. The predicted molar refractivity (Wildman–Crippen MR) is 138 cm³/mol. The monoisotopic (exact) mass is 553 g/mol. The third-order valence-corrected chi connectivity index (χ3v) is 6.11. The Hall–Kier alpha value is -4.58. The highest BCUT2D eigenvalue weighted by molar-refractivity contribution is 5.84. The number of aryl methyl sites for hydroxylation is 1. The quantitative estimate of drug-likeness (QED) is 0.193. The lowest BCUT2D eigenvalue weighted by molar-refractivity contribution is -0.142. The third-order valence-electron chi connectivity index (χ3n) is 6.11. The van der Waals surface area contributed by atoms with Gasteiger partial charge >= 0.3 is 12.1 Å². The molecule has 12 heteroatoms. The van der Waals surface area contributed by atoms with Crippen molar-refractivity contribution in [3.8, 4) is 34.0 Å². The number of nitrogens with one attached hydrogen (secondary N) is 1. The molecule has 0 unspecified atom stereocenters. The number of fused-ring (bicyclic) bond motifs is 1. The predicted octanol–water partition coefficient (Wildman–Crippen LogP) is 5.77. The number of halogens is 4. The minimum atomic E-state index is -4.70. The second kappa shape index (κ2) is 10.9. The van der Waals surface area contributed by atoms with Crippen LogP contribution in [0.1, 0.15) is 18.1 Å². The van der Waals surface area contributed by atoms with Crippen LogP contribution >= 0.6 is 0 Å². The zero-order valence-corrected chi connectivity index (χ0v) is 21.4. The molecule has 0 saturated heterocycles. The molecule has 40 heavy (non-hydrogen) atoms. The summed E-state index contributed by atoms with van der Waals surface area (Å²) in [5, 5.41) is 10.7. The molecule has 0 atom stereocenters. The molecular weight excluding hydrogens is 530 g/mol.